The minimum Gasteiger partial charge on any atom is -0.469 e. The lowest BCUT2D eigenvalue weighted by Crippen LogP contribution is -2.37. The van der Waals surface area contributed by atoms with Gasteiger partial charge in [0.2, 0.25) is 0 Å². The first-order chi connectivity index (χ1) is 7.80. The van der Waals surface area contributed by atoms with Crippen LogP contribution in [0, 0.1) is 11.2 Å². The Labute approximate surface area is 105 Å². The van der Waals surface area contributed by atoms with Crippen molar-refractivity contribution in [3.8, 4) is 0 Å². The Morgan fingerprint density at radius 3 is 2.59 bits per heavy atom. The number of halogens is 2. The van der Waals surface area contributed by atoms with Crippen LogP contribution in [0.2, 0.25) is 5.02 Å². The summed E-state index contributed by atoms with van der Waals surface area (Å²) in [5.74, 6) is -1.01. The molecule has 3 nitrogen and oxygen atoms in total. The molecule has 0 heterocycles. The highest BCUT2D eigenvalue weighted by Crippen LogP contribution is 2.34. The van der Waals surface area contributed by atoms with Crippen LogP contribution in [0.4, 0.5) is 4.39 Å². The van der Waals surface area contributed by atoms with Crippen molar-refractivity contribution in [2.45, 2.75) is 19.9 Å². The highest BCUT2D eigenvalue weighted by Gasteiger charge is 2.37. The van der Waals surface area contributed by atoms with Gasteiger partial charge in [-0.3, -0.25) is 4.79 Å². The van der Waals surface area contributed by atoms with E-state index >= 15 is 0 Å². The molecule has 5 heteroatoms. The van der Waals surface area contributed by atoms with Gasteiger partial charge >= 0.3 is 5.97 Å². The summed E-state index contributed by atoms with van der Waals surface area (Å²) in [7, 11) is 1.27. The van der Waals surface area contributed by atoms with E-state index in [2.05, 4.69) is 4.74 Å². The summed E-state index contributed by atoms with van der Waals surface area (Å²) in [6.45, 7) is 3.22. The molecule has 1 aromatic rings. The number of methoxy groups -OCH3 is 1. The van der Waals surface area contributed by atoms with Crippen molar-refractivity contribution in [3.05, 3.63) is 34.6 Å². The van der Waals surface area contributed by atoms with Crippen LogP contribution in [0.25, 0.3) is 0 Å². The van der Waals surface area contributed by atoms with Crippen LogP contribution in [0.1, 0.15) is 25.5 Å². The van der Waals surface area contributed by atoms with Crippen LogP contribution in [0.15, 0.2) is 18.2 Å². The van der Waals surface area contributed by atoms with E-state index in [1.54, 1.807) is 13.8 Å². The Hall–Kier alpha value is -1.13. The van der Waals surface area contributed by atoms with E-state index in [9.17, 15) is 9.18 Å². The molecule has 1 atom stereocenters. The largest absolute Gasteiger partial charge is 0.469 e. The minimum absolute atomic E-state index is 0.241. The molecule has 0 aliphatic carbocycles. The fourth-order valence-corrected chi connectivity index (χ4v) is 1.69. The Kier molecular flexibility index (Phi) is 4.11. The highest BCUT2D eigenvalue weighted by atomic mass is 35.5. The molecule has 0 aliphatic heterocycles. The zero-order chi connectivity index (χ0) is 13.2. The number of carbonyl (C=O) groups is 1. The average Bonchev–Trinajstić information content (AvgIpc) is 2.27. The summed E-state index contributed by atoms with van der Waals surface area (Å²) >= 11 is 5.65. The van der Waals surface area contributed by atoms with E-state index in [-0.39, 0.29) is 10.6 Å². The molecule has 0 bridgehead atoms. The molecule has 0 aromatic heterocycles. The third kappa shape index (κ3) is 2.76. The van der Waals surface area contributed by atoms with E-state index in [1.807, 2.05) is 0 Å². The molecule has 17 heavy (non-hydrogen) atoms. The molecule has 0 saturated heterocycles. The summed E-state index contributed by atoms with van der Waals surface area (Å²) in [4.78, 5) is 11.6. The molecular formula is C12H15ClFNO2. The fraction of sp³-hybridized carbons (Fsp3) is 0.417. The summed E-state index contributed by atoms with van der Waals surface area (Å²) in [5, 5.41) is 0.286. The van der Waals surface area contributed by atoms with Gasteiger partial charge in [0.05, 0.1) is 12.5 Å². The van der Waals surface area contributed by atoms with Crippen LogP contribution in [-0.2, 0) is 9.53 Å². The van der Waals surface area contributed by atoms with E-state index in [0.717, 1.165) is 0 Å². The summed E-state index contributed by atoms with van der Waals surface area (Å²) in [5.41, 5.74) is 5.15. The highest BCUT2D eigenvalue weighted by molar-refractivity contribution is 6.30. The van der Waals surface area contributed by atoms with Gasteiger partial charge in [0.25, 0.3) is 0 Å². The van der Waals surface area contributed by atoms with E-state index in [1.165, 1.54) is 25.3 Å². The van der Waals surface area contributed by atoms with Gasteiger partial charge in [0.1, 0.15) is 5.82 Å². The molecule has 0 unspecified atom stereocenters. The lowest BCUT2D eigenvalue weighted by Gasteiger charge is -2.29. The molecule has 0 amide bonds. The lowest BCUT2D eigenvalue weighted by atomic mass is 9.81. The quantitative estimate of drug-likeness (QED) is 0.849. The van der Waals surface area contributed by atoms with Gasteiger partial charge in [-0.25, -0.2) is 4.39 Å². The molecular weight excluding hydrogens is 245 g/mol. The zero-order valence-corrected chi connectivity index (χ0v) is 10.7. The SMILES string of the molecule is COC(=O)C(C)(C)[C@H](N)c1ccc(Cl)cc1F. The monoisotopic (exact) mass is 259 g/mol. The van der Waals surface area contributed by atoms with Gasteiger partial charge in [-0.2, -0.15) is 0 Å². The van der Waals surface area contributed by atoms with Crippen molar-refractivity contribution >= 4 is 17.6 Å². The van der Waals surface area contributed by atoms with Crippen LogP contribution in [0.5, 0.6) is 0 Å². The van der Waals surface area contributed by atoms with Gasteiger partial charge in [-0.15, -0.1) is 0 Å². The Bertz CT molecular complexity index is 435. The average molecular weight is 260 g/mol. The summed E-state index contributed by atoms with van der Waals surface area (Å²) < 4.78 is 18.3. The van der Waals surface area contributed by atoms with Crippen molar-refractivity contribution < 1.29 is 13.9 Å². The molecule has 0 aliphatic rings. The molecule has 0 radical (unpaired) electrons. The third-order valence-electron chi connectivity index (χ3n) is 2.79. The van der Waals surface area contributed by atoms with Crippen LogP contribution < -0.4 is 5.73 Å². The number of benzene rings is 1. The molecule has 2 N–H and O–H groups in total. The number of hydrogen-bond acceptors (Lipinski definition) is 3. The fourth-order valence-electron chi connectivity index (χ4n) is 1.53. The molecule has 0 fully saturated rings. The van der Waals surface area contributed by atoms with Crippen molar-refractivity contribution in [1.82, 2.24) is 0 Å². The number of ether oxygens (including phenoxy) is 1. The first-order valence-electron chi connectivity index (χ1n) is 5.09. The van der Waals surface area contributed by atoms with Gasteiger partial charge in [0, 0.05) is 16.6 Å². The standard InChI is InChI=1S/C12H15ClFNO2/c1-12(2,11(16)17-3)10(15)8-5-4-7(13)6-9(8)14/h4-6,10H,15H2,1-3H3/t10-/m1/s1. The first-order valence-corrected chi connectivity index (χ1v) is 5.47. The second-order valence-corrected chi connectivity index (χ2v) is 4.79. The molecule has 0 saturated carbocycles. The number of hydrogen-bond donors (Lipinski definition) is 1. The van der Waals surface area contributed by atoms with Crippen molar-refractivity contribution in [1.29, 1.82) is 0 Å². The number of carbonyl (C=O) groups excluding carboxylic acids is 1. The second kappa shape index (κ2) is 5.02. The number of nitrogens with two attached hydrogens (primary N) is 1. The van der Waals surface area contributed by atoms with Crippen molar-refractivity contribution in [3.63, 3.8) is 0 Å². The molecule has 1 rings (SSSR count). The Morgan fingerprint density at radius 2 is 2.12 bits per heavy atom. The predicted molar refractivity (Wildman–Crippen MR) is 64.1 cm³/mol. The van der Waals surface area contributed by atoms with Gasteiger partial charge < -0.3 is 10.5 Å². The molecule has 1 aromatic carbocycles. The van der Waals surface area contributed by atoms with E-state index in [0.29, 0.717) is 0 Å². The smallest absolute Gasteiger partial charge is 0.313 e. The maximum Gasteiger partial charge on any atom is 0.313 e. The van der Waals surface area contributed by atoms with Crippen LogP contribution >= 0.6 is 11.6 Å². The van der Waals surface area contributed by atoms with Gasteiger partial charge in [0.15, 0.2) is 0 Å². The molecule has 94 valence electrons. The predicted octanol–water partition coefficient (Wildman–Crippen LogP) is 2.68. The summed E-state index contributed by atoms with van der Waals surface area (Å²) in [6, 6.07) is 3.39. The van der Waals surface area contributed by atoms with E-state index in [4.69, 9.17) is 17.3 Å². The van der Waals surface area contributed by atoms with Crippen molar-refractivity contribution in [2.24, 2.45) is 11.1 Å². The second-order valence-electron chi connectivity index (χ2n) is 4.36. The first kappa shape index (κ1) is 13.9. The number of esters is 1. The maximum absolute atomic E-state index is 13.7. The van der Waals surface area contributed by atoms with Gasteiger partial charge in [-0.05, 0) is 26.0 Å². The maximum atomic E-state index is 13.7. The number of rotatable bonds is 3. The Morgan fingerprint density at radius 1 is 1.53 bits per heavy atom. The van der Waals surface area contributed by atoms with Crippen LogP contribution in [-0.4, -0.2) is 13.1 Å². The van der Waals surface area contributed by atoms with E-state index < -0.39 is 23.2 Å². The Balaban J connectivity index is 3.11. The normalized spacial score (nSPS) is 13.3. The lowest BCUT2D eigenvalue weighted by molar-refractivity contribution is -0.152. The topological polar surface area (TPSA) is 52.3 Å². The van der Waals surface area contributed by atoms with Crippen LogP contribution in [0.3, 0.4) is 0 Å². The van der Waals surface area contributed by atoms with Gasteiger partial charge in [-0.1, -0.05) is 17.7 Å². The summed E-state index contributed by atoms with van der Waals surface area (Å²) in [6.07, 6.45) is 0. The third-order valence-corrected chi connectivity index (χ3v) is 3.02. The minimum atomic E-state index is -1.01. The van der Waals surface area contributed by atoms with Crippen molar-refractivity contribution in [2.75, 3.05) is 7.11 Å². The zero-order valence-electron chi connectivity index (χ0n) is 9.96. The molecule has 0 spiro atoms.